The number of carbonyl (C=O) groups is 1. The van der Waals surface area contributed by atoms with Gasteiger partial charge in [0.25, 0.3) is 0 Å². The minimum Gasteiger partial charge on any atom is -0.339 e. The van der Waals surface area contributed by atoms with Crippen LogP contribution in [0, 0.1) is 27.7 Å². The van der Waals surface area contributed by atoms with E-state index in [9.17, 15) is 13.2 Å². The molecular weight excluding hydrogens is 494 g/mol. The van der Waals surface area contributed by atoms with E-state index in [1.165, 1.54) is 21.6 Å². The van der Waals surface area contributed by atoms with Crippen LogP contribution in [0.4, 0.5) is 0 Å². The van der Waals surface area contributed by atoms with Gasteiger partial charge in [-0.25, -0.2) is 8.42 Å². The number of nitrogens with zero attached hydrogens (tertiary/aromatic N) is 5. The van der Waals surface area contributed by atoms with E-state index in [4.69, 9.17) is 0 Å². The highest BCUT2D eigenvalue weighted by atomic mass is 32.2. The second kappa shape index (κ2) is 9.49. The lowest BCUT2D eigenvalue weighted by Gasteiger charge is -2.34. The number of fused-ring (bicyclic) bond motifs is 3. The number of pyridine rings is 1. The third kappa shape index (κ3) is 4.49. The molecule has 36 heavy (non-hydrogen) atoms. The molecule has 1 amide bonds. The Kier molecular flexibility index (Phi) is 6.52. The number of thioether (sulfide) groups is 1. The van der Waals surface area contributed by atoms with Crippen molar-refractivity contribution in [1.29, 1.82) is 0 Å². The molecule has 1 aliphatic heterocycles. The summed E-state index contributed by atoms with van der Waals surface area (Å²) in [5, 5.41) is 10.5. The number of hydrogen-bond donors (Lipinski definition) is 0. The van der Waals surface area contributed by atoms with Crippen molar-refractivity contribution in [2.24, 2.45) is 0 Å². The average Bonchev–Trinajstić information content (AvgIpc) is 3.25. The molecule has 188 valence electrons. The number of hydrogen-bond acceptors (Lipinski definition) is 6. The zero-order valence-electron chi connectivity index (χ0n) is 20.9. The summed E-state index contributed by atoms with van der Waals surface area (Å²) in [6.45, 7) is 9.46. The summed E-state index contributed by atoms with van der Waals surface area (Å²) < 4.78 is 29.4. The number of rotatable bonds is 5. The Morgan fingerprint density at radius 3 is 2.28 bits per heavy atom. The van der Waals surface area contributed by atoms with Crippen LogP contribution in [-0.2, 0) is 14.8 Å². The predicted molar refractivity (Wildman–Crippen MR) is 142 cm³/mol. The molecule has 0 N–H and O–H groups in total. The Bertz CT molecular complexity index is 1570. The van der Waals surface area contributed by atoms with Crippen molar-refractivity contribution in [3.05, 3.63) is 64.7 Å². The summed E-state index contributed by atoms with van der Waals surface area (Å²) >= 11 is 1.36. The number of aryl methyl sites for hydroxylation is 4. The zero-order chi connectivity index (χ0) is 25.6. The van der Waals surface area contributed by atoms with Gasteiger partial charge >= 0.3 is 0 Å². The molecule has 0 atom stereocenters. The summed E-state index contributed by atoms with van der Waals surface area (Å²) in [6.07, 6.45) is 0. The summed E-state index contributed by atoms with van der Waals surface area (Å²) in [6, 6.07) is 13.2. The highest BCUT2D eigenvalue weighted by Crippen LogP contribution is 2.29. The fraction of sp³-hybridized carbons (Fsp3) is 0.346. The van der Waals surface area contributed by atoms with Crippen LogP contribution in [0.1, 0.15) is 22.3 Å². The van der Waals surface area contributed by atoms with Gasteiger partial charge in [-0.2, -0.15) is 4.31 Å². The van der Waals surface area contributed by atoms with E-state index < -0.39 is 10.0 Å². The van der Waals surface area contributed by atoms with Crippen LogP contribution in [-0.4, -0.2) is 70.1 Å². The molecule has 0 spiro atoms. The van der Waals surface area contributed by atoms with E-state index in [0.717, 1.165) is 33.2 Å². The third-order valence-electron chi connectivity index (χ3n) is 6.67. The Morgan fingerprint density at radius 2 is 1.58 bits per heavy atom. The summed E-state index contributed by atoms with van der Waals surface area (Å²) in [4.78, 5) is 15.0. The van der Waals surface area contributed by atoms with Crippen molar-refractivity contribution in [1.82, 2.24) is 23.8 Å². The minimum absolute atomic E-state index is 0.0342. The highest BCUT2D eigenvalue weighted by molar-refractivity contribution is 7.99. The molecule has 0 saturated carbocycles. The van der Waals surface area contributed by atoms with E-state index in [0.29, 0.717) is 18.2 Å². The maximum absolute atomic E-state index is 13.0. The van der Waals surface area contributed by atoms with Gasteiger partial charge in [0.15, 0.2) is 10.8 Å². The quantitative estimate of drug-likeness (QED) is 0.371. The van der Waals surface area contributed by atoms with Crippen LogP contribution >= 0.6 is 11.8 Å². The third-order valence-corrected chi connectivity index (χ3v) is 9.50. The normalized spacial score (nSPS) is 15.2. The van der Waals surface area contributed by atoms with Gasteiger partial charge in [-0.3, -0.25) is 9.20 Å². The van der Waals surface area contributed by atoms with Crippen LogP contribution in [0.3, 0.4) is 0 Å². The summed E-state index contributed by atoms with van der Waals surface area (Å²) in [7, 11) is -3.56. The van der Waals surface area contributed by atoms with Crippen molar-refractivity contribution < 1.29 is 13.2 Å². The van der Waals surface area contributed by atoms with Crippen molar-refractivity contribution in [3.63, 3.8) is 0 Å². The van der Waals surface area contributed by atoms with Gasteiger partial charge in [0.2, 0.25) is 15.9 Å². The lowest BCUT2D eigenvalue weighted by atomic mass is 10.0. The van der Waals surface area contributed by atoms with Crippen molar-refractivity contribution in [2.75, 3.05) is 31.9 Å². The molecule has 0 aliphatic carbocycles. The standard InChI is InChI=1S/C26H29N5O3S2/c1-17-5-7-21(8-6-17)36(33,34)30-11-9-29(10-12-30)24(32)16-35-26-28-27-23-15-19(3)22-14-18(2)13-20(4)25(22)31(23)26/h5-8,13-15H,9-12,16H2,1-4H3. The second-order valence-electron chi connectivity index (χ2n) is 9.37. The molecule has 0 radical (unpaired) electrons. The van der Waals surface area contributed by atoms with Gasteiger partial charge in [0, 0.05) is 31.6 Å². The lowest BCUT2D eigenvalue weighted by molar-refractivity contribution is -0.129. The first-order chi connectivity index (χ1) is 17.1. The molecule has 1 fully saturated rings. The van der Waals surface area contributed by atoms with E-state index in [1.54, 1.807) is 29.2 Å². The van der Waals surface area contributed by atoms with Crippen molar-refractivity contribution in [3.8, 4) is 0 Å². The van der Waals surface area contributed by atoms with E-state index in [2.05, 4.69) is 43.1 Å². The largest absolute Gasteiger partial charge is 0.339 e. The second-order valence-corrected chi connectivity index (χ2v) is 12.2. The molecule has 2 aromatic carbocycles. The number of sulfonamides is 1. The van der Waals surface area contributed by atoms with Gasteiger partial charge in [-0.05, 0) is 63.1 Å². The topological polar surface area (TPSA) is 87.9 Å². The molecule has 3 heterocycles. The predicted octanol–water partition coefficient (Wildman–Crippen LogP) is 3.74. The molecule has 0 unspecified atom stereocenters. The summed E-state index contributed by atoms with van der Waals surface area (Å²) in [5.41, 5.74) is 6.31. The lowest BCUT2D eigenvalue weighted by Crippen LogP contribution is -2.50. The number of carbonyl (C=O) groups excluding carboxylic acids is 1. The maximum atomic E-state index is 13.0. The molecule has 0 bridgehead atoms. The Labute approximate surface area is 215 Å². The number of aromatic nitrogens is 3. The first-order valence-electron chi connectivity index (χ1n) is 11.9. The zero-order valence-corrected chi connectivity index (χ0v) is 22.5. The monoisotopic (exact) mass is 523 g/mol. The van der Waals surface area contributed by atoms with Gasteiger partial charge < -0.3 is 4.90 Å². The number of benzene rings is 2. The molecule has 5 rings (SSSR count). The SMILES string of the molecule is Cc1ccc(S(=O)(=O)N2CCN(C(=O)CSc3nnc4cc(C)c5cc(C)cc(C)c5n34)CC2)cc1. The molecule has 10 heteroatoms. The summed E-state index contributed by atoms with van der Waals surface area (Å²) in [5.74, 6) is 0.180. The smallest absolute Gasteiger partial charge is 0.243 e. The molecule has 2 aromatic heterocycles. The molecule has 1 saturated heterocycles. The van der Waals surface area contributed by atoms with Crippen LogP contribution in [0.2, 0.25) is 0 Å². The van der Waals surface area contributed by atoms with Crippen LogP contribution in [0.5, 0.6) is 0 Å². The average molecular weight is 524 g/mol. The van der Waals surface area contributed by atoms with E-state index in [-0.39, 0.29) is 29.6 Å². The maximum Gasteiger partial charge on any atom is 0.243 e. The van der Waals surface area contributed by atoms with Gasteiger partial charge in [0.1, 0.15) is 0 Å². The van der Waals surface area contributed by atoms with Gasteiger partial charge in [-0.15, -0.1) is 10.2 Å². The molecule has 4 aromatic rings. The minimum atomic E-state index is -3.56. The first kappa shape index (κ1) is 24.7. The fourth-order valence-corrected chi connectivity index (χ4v) is 7.03. The van der Waals surface area contributed by atoms with E-state index in [1.807, 2.05) is 17.4 Å². The number of amides is 1. The van der Waals surface area contributed by atoms with E-state index >= 15 is 0 Å². The van der Waals surface area contributed by atoms with Crippen molar-refractivity contribution in [2.45, 2.75) is 37.7 Å². The highest BCUT2D eigenvalue weighted by Gasteiger charge is 2.30. The molecule has 8 nitrogen and oxygen atoms in total. The van der Waals surface area contributed by atoms with Crippen LogP contribution in [0.15, 0.2) is 52.5 Å². The van der Waals surface area contributed by atoms with Crippen LogP contribution < -0.4 is 0 Å². The van der Waals surface area contributed by atoms with Gasteiger partial charge in [-0.1, -0.05) is 41.1 Å². The molecule has 1 aliphatic rings. The van der Waals surface area contributed by atoms with Crippen molar-refractivity contribution >= 4 is 44.2 Å². The Balaban J connectivity index is 1.28. The Morgan fingerprint density at radius 1 is 0.889 bits per heavy atom. The number of piperazine rings is 1. The fourth-order valence-electron chi connectivity index (χ4n) is 4.76. The van der Waals surface area contributed by atoms with Gasteiger partial charge in [0.05, 0.1) is 16.2 Å². The van der Waals surface area contributed by atoms with Crippen LogP contribution in [0.25, 0.3) is 16.6 Å². The molecular formula is C26H29N5O3S2. The Hall–Kier alpha value is -2.95. The first-order valence-corrected chi connectivity index (χ1v) is 14.3.